The smallest absolute Gasteiger partial charge is 0.275 e. The second-order valence-corrected chi connectivity index (χ2v) is 9.66. The number of nitrogens with one attached hydrogen (secondary N) is 2. The van der Waals surface area contributed by atoms with Crippen LogP contribution >= 0.6 is 11.6 Å². The van der Waals surface area contributed by atoms with Crippen LogP contribution in [0.25, 0.3) is 0 Å². The second-order valence-electron chi connectivity index (χ2n) is 6.81. The number of sulfone groups is 1. The minimum atomic E-state index is -3.48. The molecule has 1 aromatic carbocycles. The van der Waals surface area contributed by atoms with Gasteiger partial charge in [-0.3, -0.25) is 14.9 Å². The van der Waals surface area contributed by atoms with E-state index in [1.54, 1.807) is 6.92 Å². The summed E-state index contributed by atoms with van der Waals surface area (Å²) in [5.74, 6) is -1.39. The van der Waals surface area contributed by atoms with Crippen LogP contribution in [0.3, 0.4) is 0 Å². The van der Waals surface area contributed by atoms with E-state index in [0.717, 1.165) is 0 Å². The number of hydrogen-bond acceptors (Lipinski definition) is 6. The molecule has 0 radical (unpaired) electrons. The molecule has 0 spiro atoms. The van der Waals surface area contributed by atoms with Crippen LogP contribution in [0.2, 0.25) is 5.02 Å². The Bertz CT molecular complexity index is 1070. The minimum absolute atomic E-state index is 0.0566. The van der Waals surface area contributed by atoms with E-state index in [9.17, 15) is 17.6 Å². The summed E-state index contributed by atoms with van der Waals surface area (Å²) >= 11 is 5.87. The Labute approximate surface area is 166 Å². The van der Waals surface area contributed by atoms with Gasteiger partial charge in [0, 0.05) is 11.3 Å². The first-order valence-corrected chi connectivity index (χ1v) is 10.5. The molecule has 2 aromatic rings. The zero-order valence-electron chi connectivity index (χ0n) is 15.2. The first-order chi connectivity index (χ1) is 13.0. The number of rotatable bonds is 3. The van der Waals surface area contributed by atoms with E-state index in [2.05, 4.69) is 20.5 Å². The molecule has 0 fully saturated rings. The van der Waals surface area contributed by atoms with Crippen LogP contribution < -0.4 is 11.1 Å². The van der Waals surface area contributed by atoms with Crippen molar-refractivity contribution in [1.29, 1.82) is 0 Å². The number of amidine groups is 1. The summed E-state index contributed by atoms with van der Waals surface area (Å²) in [5.41, 5.74) is 5.16. The van der Waals surface area contributed by atoms with E-state index in [4.69, 9.17) is 17.3 Å². The van der Waals surface area contributed by atoms with E-state index >= 15 is 0 Å². The second kappa shape index (κ2) is 7.17. The molecule has 1 amide bonds. The summed E-state index contributed by atoms with van der Waals surface area (Å²) in [6, 6.07) is 3.98. The molecule has 0 saturated heterocycles. The van der Waals surface area contributed by atoms with Crippen LogP contribution in [-0.2, 0) is 15.4 Å². The molecule has 0 saturated carbocycles. The topological polar surface area (TPSA) is 130 Å². The summed E-state index contributed by atoms with van der Waals surface area (Å²) in [6.45, 7) is 3.07. The van der Waals surface area contributed by atoms with Crippen molar-refractivity contribution in [2.24, 2.45) is 10.7 Å². The van der Waals surface area contributed by atoms with Crippen molar-refractivity contribution in [2.45, 2.75) is 31.1 Å². The van der Waals surface area contributed by atoms with Gasteiger partial charge in [0.25, 0.3) is 5.91 Å². The first kappa shape index (κ1) is 20.3. The van der Waals surface area contributed by atoms with Crippen LogP contribution in [0.4, 0.5) is 10.1 Å². The number of carbonyl (C=O) groups is 1. The quantitative estimate of drug-likeness (QED) is 0.691. The molecule has 8 nitrogen and oxygen atoms in total. The van der Waals surface area contributed by atoms with Crippen LogP contribution in [-0.4, -0.2) is 41.4 Å². The Kier molecular flexibility index (Phi) is 5.20. The Hall–Kier alpha value is -2.46. The lowest BCUT2D eigenvalue weighted by Gasteiger charge is -2.25. The summed E-state index contributed by atoms with van der Waals surface area (Å²) in [6.07, 6.45) is 1.35. The minimum Gasteiger partial charge on any atom is -0.386 e. The zero-order valence-corrected chi connectivity index (χ0v) is 16.7. The van der Waals surface area contributed by atoms with Gasteiger partial charge >= 0.3 is 0 Å². The van der Waals surface area contributed by atoms with Gasteiger partial charge in [-0.25, -0.2) is 12.8 Å². The van der Waals surface area contributed by atoms with Gasteiger partial charge in [0.2, 0.25) is 0 Å². The number of aliphatic imine (C=N–C) groups is 1. The first-order valence-electron chi connectivity index (χ1n) is 8.40. The van der Waals surface area contributed by atoms with Gasteiger partial charge in [-0.05, 0) is 38.5 Å². The van der Waals surface area contributed by atoms with Crippen molar-refractivity contribution in [3.8, 4) is 0 Å². The van der Waals surface area contributed by atoms with Crippen LogP contribution in [0.1, 0.15) is 36.3 Å². The number of nitrogens with two attached hydrogens (primary N) is 1. The Morgan fingerprint density at radius 2 is 2.18 bits per heavy atom. The van der Waals surface area contributed by atoms with Crippen molar-refractivity contribution in [1.82, 2.24) is 10.2 Å². The maximum Gasteiger partial charge on any atom is 0.275 e. The summed E-state index contributed by atoms with van der Waals surface area (Å²) in [4.78, 5) is 16.6. The number of aromatic nitrogens is 2. The molecule has 2 atom stereocenters. The van der Waals surface area contributed by atoms with E-state index in [0.29, 0.717) is 5.69 Å². The molecule has 1 aromatic heterocycles. The molecule has 3 rings (SSSR count). The van der Waals surface area contributed by atoms with Gasteiger partial charge in [-0.1, -0.05) is 11.6 Å². The molecular weight excluding hydrogens is 409 g/mol. The monoisotopic (exact) mass is 427 g/mol. The van der Waals surface area contributed by atoms with E-state index in [1.165, 1.54) is 31.3 Å². The molecule has 150 valence electrons. The van der Waals surface area contributed by atoms with Crippen LogP contribution in [0, 0.1) is 5.82 Å². The lowest BCUT2D eigenvalue weighted by atomic mass is 9.89. The molecule has 11 heteroatoms. The highest BCUT2D eigenvalue weighted by Crippen LogP contribution is 2.36. The predicted octanol–water partition coefficient (Wildman–Crippen LogP) is 2.23. The maximum atomic E-state index is 14.6. The van der Waals surface area contributed by atoms with Crippen molar-refractivity contribution >= 4 is 38.9 Å². The Morgan fingerprint density at radius 3 is 2.82 bits per heavy atom. The average molecular weight is 428 g/mol. The third-order valence-electron chi connectivity index (χ3n) is 4.83. The third-order valence-corrected chi connectivity index (χ3v) is 7.21. The number of halogens is 2. The maximum absolute atomic E-state index is 14.6. The van der Waals surface area contributed by atoms with Crippen LogP contribution in [0.15, 0.2) is 29.4 Å². The number of hydrogen-bond donors (Lipinski definition) is 3. The number of nitrogens with zero attached hydrogens (tertiary/aromatic N) is 2. The fourth-order valence-electron chi connectivity index (χ4n) is 2.97. The summed E-state index contributed by atoms with van der Waals surface area (Å²) in [5, 5.41) is 7.96. The predicted molar refractivity (Wildman–Crippen MR) is 105 cm³/mol. The Balaban J connectivity index is 1.97. The lowest BCUT2D eigenvalue weighted by molar-refractivity contribution is 0.102. The molecule has 1 aliphatic heterocycles. The molecular formula is C17H19ClFN5O3S. The number of carbonyl (C=O) groups excluding carboxylic acids is 1. The number of anilines is 1. The van der Waals surface area contributed by atoms with Crippen molar-refractivity contribution in [3.63, 3.8) is 0 Å². The zero-order chi connectivity index (χ0) is 20.7. The highest BCUT2D eigenvalue weighted by atomic mass is 35.5. The van der Waals surface area contributed by atoms with E-state index in [-0.39, 0.29) is 34.3 Å². The summed E-state index contributed by atoms with van der Waals surface area (Å²) in [7, 11) is -3.48. The average Bonchev–Trinajstić information content (AvgIpc) is 3.04. The molecule has 4 N–H and O–H groups in total. The number of H-pyrrole nitrogens is 1. The standard InChI is InChI=1S/C17H19ClFN5O3S/c1-9-15(20)23-17(2,5-6-28(9,26)27)11-7-10(3-4-13(11)19)22-16(25)14-12(18)8-21-24-14/h3-4,7-9H,5-6H2,1-2H3,(H2,20,23)(H,21,24)(H,22,25)/t9-,17?/m0/s1. The Morgan fingerprint density at radius 1 is 1.46 bits per heavy atom. The normalized spacial score (nSPS) is 24.3. The molecule has 2 heterocycles. The van der Waals surface area contributed by atoms with Gasteiger partial charge < -0.3 is 11.1 Å². The van der Waals surface area contributed by atoms with Gasteiger partial charge in [0.05, 0.1) is 22.5 Å². The van der Waals surface area contributed by atoms with E-state index in [1.807, 2.05) is 0 Å². The van der Waals surface area contributed by atoms with Gasteiger partial charge in [-0.2, -0.15) is 5.10 Å². The fourth-order valence-corrected chi connectivity index (χ4v) is 4.60. The highest BCUT2D eigenvalue weighted by Gasteiger charge is 2.38. The summed E-state index contributed by atoms with van der Waals surface area (Å²) < 4.78 is 39.1. The van der Waals surface area contributed by atoms with Gasteiger partial charge in [-0.15, -0.1) is 0 Å². The van der Waals surface area contributed by atoms with E-state index < -0.39 is 32.4 Å². The van der Waals surface area contributed by atoms with Crippen molar-refractivity contribution < 1.29 is 17.6 Å². The molecule has 1 aliphatic rings. The SMILES string of the molecule is C[C@H]1C(N)=NC(C)(c2cc(NC(=O)c3[nH]ncc3Cl)ccc2F)CCS1(=O)=O. The van der Waals surface area contributed by atoms with Crippen molar-refractivity contribution in [2.75, 3.05) is 11.1 Å². The van der Waals surface area contributed by atoms with Gasteiger partial charge in [0.1, 0.15) is 22.6 Å². The van der Waals surface area contributed by atoms with Crippen LogP contribution in [0.5, 0.6) is 0 Å². The van der Waals surface area contributed by atoms with Crippen molar-refractivity contribution in [3.05, 3.63) is 46.5 Å². The molecule has 28 heavy (non-hydrogen) atoms. The van der Waals surface area contributed by atoms with Gasteiger partial charge in [0.15, 0.2) is 9.84 Å². The molecule has 1 unspecified atom stereocenters. The fraction of sp³-hybridized carbons (Fsp3) is 0.353. The highest BCUT2D eigenvalue weighted by molar-refractivity contribution is 7.92. The lowest BCUT2D eigenvalue weighted by Crippen LogP contribution is -2.33. The molecule has 0 bridgehead atoms. The number of amides is 1. The largest absolute Gasteiger partial charge is 0.386 e. The molecule has 0 aliphatic carbocycles. The number of benzene rings is 1. The third kappa shape index (κ3) is 3.74. The number of aromatic amines is 1.